The van der Waals surface area contributed by atoms with Gasteiger partial charge in [-0.05, 0) is 29.2 Å². The molecule has 0 radical (unpaired) electrons. The van der Waals surface area contributed by atoms with Crippen LogP contribution in [0.2, 0.25) is 0 Å². The third-order valence-corrected chi connectivity index (χ3v) is 2.89. The molecule has 0 spiro atoms. The zero-order valence-electron chi connectivity index (χ0n) is 9.11. The Morgan fingerprint density at radius 1 is 1.07 bits per heavy atom. The smallest absolute Gasteiger partial charge is 0.00769 e. The van der Waals surface area contributed by atoms with Crippen molar-refractivity contribution in [1.29, 1.82) is 0 Å². The van der Waals surface area contributed by atoms with Gasteiger partial charge in [0.2, 0.25) is 0 Å². The van der Waals surface area contributed by atoms with Gasteiger partial charge in [-0.1, -0.05) is 49.4 Å². The van der Waals surface area contributed by atoms with Gasteiger partial charge in [0.15, 0.2) is 0 Å². The predicted octanol–water partition coefficient (Wildman–Crippen LogP) is 3.12. The molecule has 2 aromatic carbocycles. The van der Waals surface area contributed by atoms with E-state index in [9.17, 15) is 0 Å². The van der Waals surface area contributed by atoms with Crippen LogP contribution in [0.5, 0.6) is 0 Å². The van der Waals surface area contributed by atoms with Crippen LogP contribution in [0, 0.1) is 0 Å². The molecule has 0 bridgehead atoms. The predicted molar refractivity (Wildman–Crippen MR) is 65.9 cm³/mol. The first-order chi connectivity index (χ1) is 7.31. The number of fused-ring (bicyclic) bond motifs is 1. The molecule has 0 aliphatic heterocycles. The van der Waals surface area contributed by atoms with Crippen LogP contribution in [-0.4, -0.2) is 6.04 Å². The zero-order valence-corrected chi connectivity index (χ0v) is 9.11. The van der Waals surface area contributed by atoms with E-state index >= 15 is 0 Å². The molecule has 2 rings (SSSR count). The Morgan fingerprint density at radius 2 is 1.80 bits per heavy atom. The van der Waals surface area contributed by atoms with Crippen LogP contribution in [0.15, 0.2) is 42.5 Å². The van der Waals surface area contributed by atoms with Crippen LogP contribution in [0.4, 0.5) is 0 Å². The van der Waals surface area contributed by atoms with E-state index in [2.05, 4.69) is 49.4 Å². The zero-order chi connectivity index (χ0) is 10.7. The summed E-state index contributed by atoms with van der Waals surface area (Å²) in [6, 6.07) is 15.2. The van der Waals surface area contributed by atoms with E-state index in [1.807, 2.05) is 0 Å². The lowest BCUT2D eigenvalue weighted by molar-refractivity contribution is 0.649. The summed E-state index contributed by atoms with van der Waals surface area (Å²) in [4.78, 5) is 0. The molecular formula is C14H17N. The summed E-state index contributed by atoms with van der Waals surface area (Å²) in [5.74, 6) is 0. The molecule has 0 unspecified atom stereocenters. The van der Waals surface area contributed by atoms with Gasteiger partial charge in [-0.3, -0.25) is 0 Å². The second-order valence-corrected chi connectivity index (χ2v) is 4.01. The third-order valence-electron chi connectivity index (χ3n) is 2.89. The van der Waals surface area contributed by atoms with Crippen LogP contribution < -0.4 is 5.73 Å². The van der Waals surface area contributed by atoms with Gasteiger partial charge in [0, 0.05) is 6.04 Å². The first kappa shape index (κ1) is 10.2. The number of hydrogen-bond donors (Lipinski definition) is 1. The lowest BCUT2D eigenvalue weighted by Gasteiger charge is -2.11. The van der Waals surface area contributed by atoms with Gasteiger partial charge < -0.3 is 5.73 Å². The highest BCUT2D eigenvalue weighted by molar-refractivity contribution is 5.85. The van der Waals surface area contributed by atoms with Crippen LogP contribution >= 0.6 is 0 Å². The fourth-order valence-corrected chi connectivity index (χ4v) is 1.90. The van der Waals surface area contributed by atoms with Crippen LogP contribution in [0.1, 0.15) is 18.9 Å². The molecule has 0 fully saturated rings. The van der Waals surface area contributed by atoms with Crippen molar-refractivity contribution in [3.05, 3.63) is 48.0 Å². The van der Waals surface area contributed by atoms with Gasteiger partial charge in [0.25, 0.3) is 0 Å². The van der Waals surface area contributed by atoms with Crippen molar-refractivity contribution in [3.8, 4) is 0 Å². The van der Waals surface area contributed by atoms with Crippen molar-refractivity contribution in [2.24, 2.45) is 5.73 Å². The molecule has 78 valence electrons. The highest BCUT2D eigenvalue weighted by Gasteiger charge is 2.04. The van der Waals surface area contributed by atoms with Crippen LogP contribution in [-0.2, 0) is 6.42 Å². The maximum atomic E-state index is 6.00. The second kappa shape index (κ2) is 4.45. The number of rotatable bonds is 3. The second-order valence-electron chi connectivity index (χ2n) is 4.01. The first-order valence-corrected chi connectivity index (χ1v) is 5.53. The fraction of sp³-hybridized carbons (Fsp3) is 0.286. The summed E-state index contributed by atoms with van der Waals surface area (Å²) in [7, 11) is 0. The van der Waals surface area contributed by atoms with Gasteiger partial charge >= 0.3 is 0 Å². The van der Waals surface area contributed by atoms with Crippen molar-refractivity contribution in [2.75, 3.05) is 0 Å². The summed E-state index contributed by atoms with van der Waals surface area (Å²) in [6.45, 7) is 2.13. The molecular weight excluding hydrogens is 182 g/mol. The minimum Gasteiger partial charge on any atom is -0.327 e. The minimum atomic E-state index is 0.274. The van der Waals surface area contributed by atoms with Crippen LogP contribution in [0.3, 0.4) is 0 Å². The first-order valence-electron chi connectivity index (χ1n) is 5.53. The maximum absolute atomic E-state index is 6.00. The molecule has 1 heteroatoms. The summed E-state index contributed by atoms with van der Waals surface area (Å²) in [5, 5.41) is 2.64. The molecule has 1 nitrogen and oxygen atoms in total. The molecule has 0 saturated carbocycles. The Bertz CT molecular complexity index is 443. The molecule has 0 aliphatic carbocycles. The van der Waals surface area contributed by atoms with E-state index < -0.39 is 0 Å². The topological polar surface area (TPSA) is 26.0 Å². The molecule has 0 saturated heterocycles. The van der Waals surface area contributed by atoms with Gasteiger partial charge in [0.05, 0.1) is 0 Å². The van der Waals surface area contributed by atoms with Gasteiger partial charge in [0.1, 0.15) is 0 Å². The molecule has 2 aromatic rings. The Morgan fingerprint density at radius 3 is 2.60 bits per heavy atom. The standard InChI is InChI=1S/C14H17N/c1-2-13(15)10-12-8-5-7-11-6-3-4-9-14(11)12/h3-9,13H,2,10,15H2,1H3/t13-/m0/s1. The van der Waals surface area contributed by atoms with E-state index in [1.165, 1.54) is 16.3 Å². The molecule has 15 heavy (non-hydrogen) atoms. The monoisotopic (exact) mass is 199 g/mol. The van der Waals surface area contributed by atoms with Crippen molar-refractivity contribution in [1.82, 2.24) is 0 Å². The molecule has 0 amide bonds. The van der Waals surface area contributed by atoms with E-state index in [-0.39, 0.29) is 6.04 Å². The summed E-state index contributed by atoms with van der Waals surface area (Å²) in [5.41, 5.74) is 7.36. The Labute approximate surface area is 90.9 Å². The summed E-state index contributed by atoms with van der Waals surface area (Å²) < 4.78 is 0. The molecule has 2 N–H and O–H groups in total. The summed E-state index contributed by atoms with van der Waals surface area (Å²) >= 11 is 0. The van der Waals surface area contributed by atoms with Crippen molar-refractivity contribution >= 4 is 10.8 Å². The van der Waals surface area contributed by atoms with Gasteiger partial charge in [-0.15, -0.1) is 0 Å². The average Bonchev–Trinajstić information content (AvgIpc) is 2.29. The molecule has 1 atom stereocenters. The Hall–Kier alpha value is -1.34. The number of nitrogens with two attached hydrogens (primary N) is 1. The maximum Gasteiger partial charge on any atom is 0.00769 e. The SMILES string of the molecule is CC[C@H](N)Cc1cccc2ccccc12. The largest absolute Gasteiger partial charge is 0.327 e. The van der Waals surface area contributed by atoms with E-state index in [0.717, 1.165) is 12.8 Å². The Balaban J connectivity index is 2.42. The highest BCUT2D eigenvalue weighted by atomic mass is 14.6. The van der Waals surface area contributed by atoms with Gasteiger partial charge in [-0.2, -0.15) is 0 Å². The lowest BCUT2D eigenvalue weighted by atomic mass is 9.98. The normalized spacial score (nSPS) is 12.9. The number of benzene rings is 2. The molecule has 0 heterocycles. The van der Waals surface area contributed by atoms with Crippen molar-refractivity contribution < 1.29 is 0 Å². The fourth-order valence-electron chi connectivity index (χ4n) is 1.90. The third kappa shape index (κ3) is 2.18. The van der Waals surface area contributed by atoms with E-state index in [4.69, 9.17) is 5.73 Å². The quantitative estimate of drug-likeness (QED) is 0.807. The molecule has 0 aliphatic rings. The summed E-state index contributed by atoms with van der Waals surface area (Å²) in [6.07, 6.45) is 2.00. The van der Waals surface area contributed by atoms with E-state index in [1.54, 1.807) is 0 Å². The minimum absolute atomic E-state index is 0.274. The van der Waals surface area contributed by atoms with Crippen molar-refractivity contribution in [3.63, 3.8) is 0 Å². The highest BCUT2D eigenvalue weighted by Crippen LogP contribution is 2.19. The average molecular weight is 199 g/mol. The Kier molecular flexibility index (Phi) is 3.02. The molecule has 0 aromatic heterocycles. The number of hydrogen-bond acceptors (Lipinski definition) is 1. The van der Waals surface area contributed by atoms with Crippen molar-refractivity contribution in [2.45, 2.75) is 25.8 Å². The van der Waals surface area contributed by atoms with E-state index in [0.29, 0.717) is 0 Å². The van der Waals surface area contributed by atoms with Crippen LogP contribution in [0.25, 0.3) is 10.8 Å². The lowest BCUT2D eigenvalue weighted by Crippen LogP contribution is -2.21. The van der Waals surface area contributed by atoms with Gasteiger partial charge in [-0.25, -0.2) is 0 Å².